The van der Waals surface area contributed by atoms with Gasteiger partial charge in [0.2, 0.25) is 11.4 Å². The Morgan fingerprint density at radius 3 is 2.05 bits per heavy atom. The second-order valence-corrected chi connectivity index (χ2v) is 13.7. The predicted molar refractivity (Wildman–Crippen MR) is 186 cm³/mol. The summed E-state index contributed by atoms with van der Waals surface area (Å²) in [6.07, 6.45) is 13.1. The summed E-state index contributed by atoms with van der Waals surface area (Å²) >= 11 is 0. The molecule has 44 heavy (non-hydrogen) atoms. The van der Waals surface area contributed by atoms with E-state index < -0.39 is 0 Å². The fraction of sp³-hybridized carbons (Fsp3) is 0.278. The van der Waals surface area contributed by atoms with Crippen molar-refractivity contribution < 1.29 is 18.6 Å². The zero-order valence-electron chi connectivity index (χ0n) is 25.5. The van der Waals surface area contributed by atoms with Gasteiger partial charge in [-0.05, 0) is 59.7 Å². The van der Waals surface area contributed by atoms with Crippen LogP contribution in [0.15, 0.2) is 85.2 Å². The van der Waals surface area contributed by atoms with Crippen molar-refractivity contribution in [3.8, 4) is 5.75 Å². The predicted octanol–water partition coefficient (Wildman–Crippen LogP) is 6.44. The molecule has 2 aliphatic rings. The summed E-state index contributed by atoms with van der Waals surface area (Å²) in [5.41, 5.74) is 8.40. The molecule has 2 aromatic heterocycles. The zero-order valence-corrected chi connectivity index (χ0v) is 27.1. The molecule has 2 aliphatic heterocycles. The Bertz CT molecular complexity index is 1520. The number of rotatable bonds is 11. The molecule has 4 heterocycles. The summed E-state index contributed by atoms with van der Waals surface area (Å²) in [4.78, 5) is 4.39. The topological polar surface area (TPSA) is 32.7 Å². The van der Waals surface area contributed by atoms with Crippen molar-refractivity contribution in [2.75, 3.05) is 55.3 Å². The van der Waals surface area contributed by atoms with Crippen LogP contribution in [0.5, 0.6) is 5.75 Å². The number of benzene rings is 2. The maximum Gasteiger partial charge on any atom is 0.205 e. The SMILES string of the molecule is CN1COCc2cc(/C=C/c3cccc[n+]3CCSSCC[n+]3ccccc3/C=C/c3ccc4c(c3)OCCN4C)ccc21. The van der Waals surface area contributed by atoms with Crippen LogP contribution in [-0.2, 0) is 24.4 Å². The molecule has 6 nitrogen and oxygen atoms in total. The number of aromatic nitrogens is 2. The van der Waals surface area contributed by atoms with Gasteiger partial charge in [-0.25, -0.2) is 0 Å². The van der Waals surface area contributed by atoms with Crippen molar-refractivity contribution in [1.29, 1.82) is 0 Å². The van der Waals surface area contributed by atoms with E-state index in [1.807, 2.05) is 21.6 Å². The minimum atomic E-state index is 0.650. The minimum absolute atomic E-state index is 0.650. The van der Waals surface area contributed by atoms with Crippen LogP contribution in [0, 0.1) is 0 Å². The van der Waals surface area contributed by atoms with Crippen molar-refractivity contribution >= 4 is 57.3 Å². The molecule has 0 unspecified atom stereocenters. The van der Waals surface area contributed by atoms with Gasteiger partial charge in [-0.2, -0.15) is 9.13 Å². The fourth-order valence-electron chi connectivity index (χ4n) is 5.48. The molecule has 4 aromatic rings. The van der Waals surface area contributed by atoms with Crippen LogP contribution < -0.4 is 23.7 Å². The average Bonchev–Trinajstić information content (AvgIpc) is 3.05. The van der Waals surface area contributed by atoms with E-state index in [1.54, 1.807) is 0 Å². The van der Waals surface area contributed by atoms with Crippen LogP contribution in [0.2, 0.25) is 0 Å². The van der Waals surface area contributed by atoms with Crippen LogP contribution in [0.3, 0.4) is 0 Å². The molecule has 0 saturated heterocycles. The maximum absolute atomic E-state index is 5.88. The van der Waals surface area contributed by atoms with E-state index >= 15 is 0 Å². The largest absolute Gasteiger partial charge is 0.490 e. The maximum atomic E-state index is 5.88. The number of nitrogens with zero attached hydrogens (tertiary/aromatic N) is 4. The van der Waals surface area contributed by atoms with Crippen LogP contribution in [0.25, 0.3) is 24.3 Å². The summed E-state index contributed by atoms with van der Waals surface area (Å²) in [6.45, 7) is 4.91. The molecule has 0 N–H and O–H groups in total. The molecule has 2 aromatic carbocycles. The van der Waals surface area contributed by atoms with E-state index in [4.69, 9.17) is 9.47 Å². The van der Waals surface area contributed by atoms with Crippen LogP contribution in [0.1, 0.15) is 28.1 Å². The normalized spacial score (nSPS) is 14.6. The summed E-state index contributed by atoms with van der Waals surface area (Å²) in [7, 11) is 8.06. The highest BCUT2D eigenvalue weighted by Crippen LogP contribution is 2.32. The van der Waals surface area contributed by atoms with Crippen LogP contribution in [-0.4, -0.2) is 45.5 Å². The van der Waals surface area contributed by atoms with Gasteiger partial charge < -0.3 is 19.3 Å². The highest BCUT2D eigenvalue weighted by molar-refractivity contribution is 8.76. The molecule has 6 rings (SSSR count). The Hall–Kier alpha value is -3.72. The minimum Gasteiger partial charge on any atom is -0.490 e. The quantitative estimate of drug-likeness (QED) is 0.109. The Morgan fingerprint density at radius 1 is 0.727 bits per heavy atom. The summed E-state index contributed by atoms with van der Waals surface area (Å²) in [5, 5.41) is 0. The van der Waals surface area contributed by atoms with Crippen LogP contribution >= 0.6 is 21.6 Å². The Balaban J connectivity index is 0.985. The van der Waals surface area contributed by atoms with E-state index in [1.165, 1.54) is 28.2 Å². The third kappa shape index (κ3) is 7.67. The number of ether oxygens (including phenoxy) is 2. The molecule has 0 fully saturated rings. The van der Waals surface area contributed by atoms with Crippen molar-refractivity contribution in [2.45, 2.75) is 19.7 Å². The first-order chi connectivity index (χ1) is 21.6. The van der Waals surface area contributed by atoms with Crippen LogP contribution in [0.4, 0.5) is 11.4 Å². The van der Waals surface area contributed by atoms with Gasteiger partial charge in [0.05, 0.1) is 30.3 Å². The zero-order chi connectivity index (χ0) is 30.1. The average molecular weight is 625 g/mol. The van der Waals surface area contributed by atoms with Gasteiger partial charge >= 0.3 is 0 Å². The number of aryl methyl sites for hydroxylation is 2. The Morgan fingerprint density at radius 2 is 1.36 bits per heavy atom. The number of hydrogen-bond acceptors (Lipinski definition) is 6. The molecule has 0 amide bonds. The molecular formula is C36H40N4O2S2+2. The summed E-state index contributed by atoms with van der Waals surface area (Å²) < 4.78 is 16.2. The molecular weight excluding hydrogens is 585 g/mol. The molecule has 0 radical (unpaired) electrons. The van der Waals surface area contributed by atoms with Gasteiger partial charge in [0.25, 0.3) is 0 Å². The van der Waals surface area contributed by atoms with Gasteiger partial charge in [0, 0.05) is 61.8 Å². The van der Waals surface area contributed by atoms with Gasteiger partial charge in [-0.3, -0.25) is 0 Å². The highest BCUT2D eigenvalue weighted by Gasteiger charge is 2.16. The second-order valence-electron chi connectivity index (χ2n) is 11.0. The molecule has 226 valence electrons. The molecule has 0 saturated carbocycles. The smallest absolute Gasteiger partial charge is 0.205 e. The van der Waals surface area contributed by atoms with E-state index in [2.05, 4.69) is 143 Å². The lowest BCUT2D eigenvalue weighted by atomic mass is 10.1. The number of pyridine rings is 2. The highest BCUT2D eigenvalue weighted by atomic mass is 33.1. The third-order valence-corrected chi connectivity index (χ3v) is 10.3. The molecule has 0 bridgehead atoms. The third-order valence-electron chi connectivity index (χ3n) is 7.90. The fourth-order valence-corrected chi connectivity index (χ4v) is 7.41. The van der Waals surface area contributed by atoms with Gasteiger partial charge in [0.15, 0.2) is 25.5 Å². The summed E-state index contributed by atoms with van der Waals surface area (Å²) in [6, 6.07) is 25.8. The van der Waals surface area contributed by atoms with E-state index in [0.717, 1.165) is 54.7 Å². The number of hydrogen-bond donors (Lipinski definition) is 0. The lowest BCUT2D eigenvalue weighted by Crippen LogP contribution is -2.38. The number of anilines is 2. The second kappa shape index (κ2) is 14.8. The van der Waals surface area contributed by atoms with Gasteiger partial charge in [-0.15, -0.1) is 0 Å². The van der Waals surface area contributed by atoms with Crippen molar-refractivity contribution in [2.24, 2.45) is 0 Å². The van der Waals surface area contributed by atoms with Crippen molar-refractivity contribution in [3.63, 3.8) is 0 Å². The molecule has 0 atom stereocenters. The van der Waals surface area contributed by atoms with Gasteiger partial charge in [-0.1, -0.05) is 33.7 Å². The molecule has 8 heteroatoms. The first-order valence-corrected chi connectivity index (χ1v) is 17.6. The van der Waals surface area contributed by atoms with Crippen molar-refractivity contribution in [1.82, 2.24) is 0 Å². The lowest BCUT2D eigenvalue weighted by Gasteiger charge is -2.27. The van der Waals surface area contributed by atoms with Crippen molar-refractivity contribution in [3.05, 3.63) is 113 Å². The summed E-state index contributed by atoms with van der Waals surface area (Å²) in [5.74, 6) is 3.05. The monoisotopic (exact) mass is 624 g/mol. The first-order valence-electron chi connectivity index (χ1n) is 15.1. The molecule has 0 aliphatic carbocycles. The standard InChI is InChI=1S/C36H40N4O2S2/c1-37-19-22-42-36-26-30(12-16-35(36)37)10-14-33-8-4-6-18-40(33)21-24-44-43-23-20-39-17-5-3-7-32(39)13-9-29-11-15-34-31(25-29)27-41-28-38(34)2/h3-18,25-26H,19-24,27-28H2,1-2H3/q+2. The van der Waals surface area contributed by atoms with Gasteiger partial charge in [0.1, 0.15) is 19.1 Å². The number of likely N-dealkylation sites (N-methyl/N-ethyl adjacent to an activating group) is 1. The van der Waals surface area contributed by atoms with E-state index in [9.17, 15) is 0 Å². The lowest BCUT2D eigenvalue weighted by molar-refractivity contribution is -0.694. The van der Waals surface area contributed by atoms with E-state index in [-0.39, 0.29) is 0 Å². The first kappa shape index (κ1) is 30.3. The Kier molecular flexibility index (Phi) is 10.2. The molecule has 0 spiro atoms. The van der Waals surface area contributed by atoms with E-state index in [0.29, 0.717) is 13.3 Å². The number of fused-ring (bicyclic) bond motifs is 2. The Labute approximate surface area is 269 Å².